The summed E-state index contributed by atoms with van der Waals surface area (Å²) < 4.78 is 5.83. The molecule has 0 saturated carbocycles. The molecule has 5 rings (SSSR count). The van der Waals surface area contributed by atoms with E-state index in [4.69, 9.17) is 27.9 Å². The van der Waals surface area contributed by atoms with E-state index >= 15 is 0 Å². The zero-order valence-electron chi connectivity index (χ0n) is 20.4. The minimum absolute atomic E-state index is 0.0254. The van der Waals surface area contributed by atoms with E-state index in [1.165, 1.54) is 9.80 Å². The molecule has 0 N–H and O–H groups in total. The van der Waals surface area contributed by atoms with E-state index in [0.717, 1.165) is 5.56 Å². The van der Waals surface area contributed by atoms with Crippen LogP contribution in [0.3, 0.4) is 0 Å². The first-order chi connectivity index (χ1) is 17.8. The van der Waals surface area contributed by atoms with Gasteiger partial charge in [0, 0.05) is 16.6 Å². The number of benzene rings is 1. The normalized spacial score (nSPS) is 27.5. The van der Waals surface area contributed by atoms with Gasteiger partial charge in [0.25, 0.3) is 0 Å². The molecule has 1 aromatic rings. The molecule has 4 aliphatic rings. The molecule has 10 heteroatoms. The Morgan fingerprint density at radius 3 is 1.76 bits per heavy atom. The van der Waals surface area contributed by atoms with Crippen LogP contribution >= 0.6 is 23.2 Å². The number of ether oxygens (including phenoxy) is 1. The van der Waals surface area contributed by atoms with E-state index in [2.05, 4.69) is 0 Å². The quantitative estimate of drug-likeness (QED) is 0.349. The number of likely N-dealkylation sites (tertiary alicyclic amines) is 2. The van der Waals surface area contributed by atoms with Gasteiger partial charge in [-0.1, -0.05) is 65.7 Å². The van der Waals surface area contributed by atoms with Crippen LogP contribution in [0.4, 0.5) is 0 Å². The summed E-state index contributed by atoms with van der Waals surface area (Å²) in [5.41, 5.74) is 1.02. The van der Waals surface area contributed by atoms with Crippen LogP contribution in [-0.4, -0.2) is 64.8 Å². The van der Waals surface area contributed by atoms with Crippen molar-refractivity contribution in [3.8, 4) is 0 Å². The molecule has 1 aromatic carbocycles. The summed E-state index contributed by atoms with van der Waals surface area (Å²) in [7, 11) is 0. The molecule has 0 aromatic heterocycles. The fraction of sp³-hybridized carbons (Fsp3) is 0.481. The Morgan fingerprint density at radius 1 is 0.757 bits per heavy atom. The Hall–Kier alpha value is -2.52. The number of amides is 4. The van der Waals surface area contributed by atoms with Gasteiger partial charge in [0.2, 0.25) is 23.6 Å². The second-order valence-corrected chi connectivity index (χ2v) is 11.0. The van der Waals surface area contributed by atoms with E-state index < -0.39 is 23.7 Å². The average molecular weight is 546 g/mol. The maximum Gasteiger partial charge on any atom is 0.234 e. The van der Waals surface area contributed by atoms with Gasteiger partial charge >= 0.3 is 0 Å². The van der Waals surface area contributed by atoms with Crippen molar-refractivity contribution in [2.45, 2.75) is 32.3 Å². The number of nitrogens with zero attached hydrogens (tertiary/aromatic N) is 3. The van der Waals surface area contributed by atoms with Crippen molar-refractivity contribution in [3.63, 3.8) is 0 Å². The van der Waals surface area contributed by atoms with Gasteiger partial charge in [-0.3, -0.25) is 33.9 Å². The molecule has 2 aliphatic heterocycles. The van der Waals surface area contributed by atoms with Crippen molar-refractivity contribution >= 4 is 46.8 Å². The Kier molecular flexibility index (Phi) is 7.81. The van der Waals surface area contributed by atoms with Crippen LogP contribution in [0.25, 0.3) is 0 Å². The third-order valence-electron chi connectivity index (χ3n) is 7.67. The van der Waals surface area contributed by atoms with E-state index in [1.54, 1.807) is 17.1 Å². The molecule has 196 valence electrons. The van der Waals surface area contributed by atoms with Crippen molar-refractivity contribution in [2.75, 3.05) is 26.5 Å². The highest BCUT2D eigenvalue weighted by atomic mass is 35.5. The highest BCUT2D eigenvalue weighted by molar-refractivity contribution is 6.30. The second-order valence-electron chi connectivity index (χ2n) is 10.0. The third kappa shape index (κ3) is 5.39. The van der Waals surface area contributed by atoms with E-state index in [1.807, 2.05) is 30.3 Å². The Labute approximate surface area is 225 Å². The molecule has 2 fully saturated rings. The lowest BCUT2D eigenvalue weighted by atomic mass is 9.85. The van der Waals surface area contributed by atoms with Crippen LogP contribution in [0.15, 0.2) is 52.5 Å². The Balaban J connectivity index is 1.28. The summed E-state index contributed by atoms with van der Waals surface area (Å²) in [4.78, 5) is 56.8. The van der Waals surface area contributed by atoms with Gasteiger partial charge in [0.05, 0.1) is 50.2 Å². The number of imide groups is 2. The van der Waals surface area contributed by atoms with Crippen LogP contribution in [0, 0.1) is 23.7 Å². The fourth-order valence-electron chi connectivity index (χ4n) is 5.61. The summed E-state index contributed by atoms with van der Waals surface area (Å²) in [6, 6.07) is 9.72. The fourth-order valence-corrected chi connectivity index (χ4v) is 6.13. The largest absolute Gasteiger partial charge is 0.375 e. The minimum Gasteiger partial charge on any atom is -0.375 e. The monoisotopic (exact) mass is 545 g/mol. The average Bonchev–Trinajstić information content (AvgIpc) is 3.26. The molecule has 4 atom stereocenters. The molecular formula is C27H29Cl2N3O5. The van der Waals surface area contributed by atoms with E-state index in [9.17, 15) is 19.2 Å². The lowest BCUT2D eigenvalue weighted by molar-refractivity contribution is -0.145. The zero-order chi connectivity index (χ0) is 26.1. The highest BCUT2D eigenvalue weighted by Crippen LogP contribution is 2.40. The SMILES string of the molecule is O=C1[C@H]2CC=C(Cl)C[C@@H]2C(=O)N1CN(CCOCc1ccccc1)CN1C(=O)[C@H]2CC(Cl)=CC[C@H]2C1=O. The van der Waals surface area contributed by atoms with Gasteiger partial charge in [0.1, 0.15) is 0 Å². The summed E-state index contributed by atoms with van der Waals surface area (Å²) >= 11 is 12.3. The predicted octanol–water partition coefficient (Wildman–Crippen LogP) is 3.46. The molecule has 4 amide bonds. The van der Waals surface area contributed by atoms with Crippen molar-refractivity contribution in [2.24, 2.45) is 23.7 Å². The number of fused-ring (bicyclic) bond motifs is 2. The first kappa shape index (κ1) is 26.1. The van der Waals surface area contributed by atoms with Gasteiger partial charge < -0.3 is 4.74 Å². The zero-order valence-corrected chi connectivity index (χ0v) is 21.9. The molecule has 2 aliphatic carbocycles. The number of halogens is 2. The van der Waals surface area contributed by atoms with Gasteiger partial charge in [0.15, 0.2) is 0 Å². The maximum atomic E-state index is 13.1. The molecule has 2 saturated heterocycles. The first-order valence-electron chi connectivity index (χ1n) is 12.6. The smallest absolute Gasteiger partial charge is 0.234 e. The summed E-state index contributed by atoms with van der Waals surface area (Å²) in [5.74, 6) is -2.78. The molecular weight excluding hydrogens is 517 g/mol. The van der Waals surface area contributed by atoms with Gasteiger partial charge in [-0.2, -0.15) is 0 Å². The summed E-state index contributed by atoms with van der Waals surface area (Å²) in [5, 5.41) is 1.19. The molecule has 0 radical (unpaired) electrons. The van der Waals surface area contributed by atoms with Crippen LogP contribution in [0.2, 0.25) is 0 Å². The summed E-state index contributed by atoms with van der Waals surface area (Å²) in [6.07, 6.45) is 5.18. The van der Waals surface area contributed by atoms with E-state index in [-0.39, 0.29) is 37.0 Å². The number of carbonyl (C=O) groups is 4. The number of hydrogen-bond donors (Lipinski definition) is 0. The number of carbonyl (C=O) groups excluding carboxylic acids is 4. The molecule has 0 bridgehead atoms. The van der Waals surface area contributed by atoms with Crippen LogP contribution in [-0.2, 0) is 30.5 Å². The molecule has 0 unspecified atom stereocenters. The molecule has 8 nitrogen and oxygen atoms in total. The molecule has 0 spiro atoms. The molecule has 37 heavy (non-hydrogen) atoms. The van der Waals surface area contributed by atoms with Gasteiger partial charge in [-0.25, -0.2) is 0 Å². The van der Waals surface area contributed by atoms with Crippen molar-refractivity contribution in [1.82, 2.24) is 14.7 Å². The van der Waals surface area contributed by atoms with Crippen LogP contribution in [0.5, 0.6) is 0 Å². The molecule has 2 heterocycles. The van der Waals surface area contributed by atoms with Crippen molar-refractivity contribution in [3.05, 3.63) is 58.1 Å². The predicted molar refractivity (Wildman–Crippen MR) is 137 cm³/mol. The lowest BCUT2D eigenvalue weighted by Crippen LogP contribution is -2.49. The van der Waals surface area contributed by atoms with Crippen molar-refractivity contribution in [1.29, 1.82) is 0 Å². The lowest BCUT2D eigenvalue weighted by Gasteiger charge is -2.30. The number of hydrogen-bond acceptors (Lipinski definition) is 6. The maximum absolute atomic E-state index is 13.1. The Bertz CT molecular complexity index is 1090. The van der Waals surface area contributed by atoms with Gasteiger partial charge in [-0.05, 0) is 31.2 Å². The summed E-state index contributed by atoms with van der Waals surface area (Å²) in [6.45, 7) is 0.969. The first-order valence-corrected chi connectivity index (χ1v) is 13.3. The number of rotatable bonds is 9. The second kappa shape index (κ2) is 11.1. The van der Waals surface area contributed by atoms with Crippen molar-refractivity contribution < 1.29 is 23.9 Å². The topological polar surface area (TPSA) is 87.2 Å². The van der Waals surface area contributed by atoms with E-state index in [0.29, 0.717) is 55.5 Å². The minimum atomic E-state index is -0.465. The van der Waals surface area contributed by atoms with Crippen LogP contribution < -0.4 is 0 Å². The third-order valence-corrected chi connectivity index (χ3v) is 8.28. The number of allylic oxidation sites excluding steroid dienone is 4. The Morgan fingerprint density at radius 2 is 1.24 bits per heavy atom. The highest BCUT2D eigenvalue weighted by Gasteiger charge is 2.51. The van der Waals surface area contributed by atoms with Crippen LogP contribution in [0.1, 0.15) is 31.2 Å². The standard InChI is InChI=1S/C27H29Cl2N3O5/c28-18-6-8-20-22(12-18)26(35)31(24(20)33)15-30(10-11-37-14-17-4-2-1-3-5-17)16-32-25(34)21-9-7-19(29)13-23(21)27(32)36/h1-7,20-23H,8-16H2/t20-,21+,22-,23-/m0/s1. The van der Waals surface area contributed by atoms with Gasteiger partial charge in [-0.15, -0.1) is 0 Å².